The van der Waals surface area contributed by atoms with Crippen LogP contribution < -0.4 is 10.0 Å². The van der Waals surface area contributed by atoms with Crippen LogP contribution in [0.3, 0.4) is 0 Å². The Morgan fingerprint density at radius 1 is 1.20 bits per heavy atom. The highest BCUT2D eigenvalue weighted by Gasteiger charge is 2.43. The molecule has 88 valence electrons. The van der Waals surface area contributed by atoms with E-state index in [0.29, 0.717) is 18.4 Å². The first-order valence-corrected chi connectivity index (χ1v) is 7.42. The summed E-state index contributed by atoms with van der Waals surface area (Å²) < 4.78 is 26.3. The lowest BCUT2D eigenvalue weighted by Crippen LogP contribution is -2.40. The number of sulfonamides is 1. The molecular weight excluding hydrogens is 212 g/mol. The maximum absolute atomic E-state index is 11.7. The van der Waals surface area contributed by atoms with Gasteiger partial charge in [-0.15, -0.1) is 0 Å². The van der Waals surface area contributed by atoms with Crippen molar-refractivity contribution in [2.24, 2.45) is 11.8 Å². The van der Waals surface area contributed by atoms with Crippen LogP contribution in [0.5, 0.6) is 0 Å². The minimum Gasteiger partial charge on any atom is -0.319 e. The molecule has 0 aromatic carbocycles. The minimum absolute atomic E-state index is 0.194. The Morgan fingerprint density at radius 2 is 1.73 bits per heavy atom. The van der Waals surface area contributed by atoms with Crippen molar-refractivity contribution in [3.63, 3.8) is 0 Å². The molecule has 4 nitrogen and oxygen atoms in total. The van der Waals surface area contributed by atoms with Gasteiger partial charge in [0.2, 0.25) is 10.0 Å². The highest BCUT2D eigenvalue weighted by molar-refractivity contribution is 7.89. The van der Waals surface area contributed by atoms with E-state index in [1.54, 1.807) is 7.05 Å². The average Bonchev–Trinajstić information content (AvgIpc) is 3.04. The summed E-state index contributed by atoms with van der Waals surface area (Å²) in [6, 6.07) is 0.242. The monoisotopic (exact) mass is 232 g/mol. The molecule has 2 fully saturated rings. The van der Waals surface area contributed by atoms with Gasteiger partial charge in [0.1, 0.15) is 0 Å². The normalized spacial score (nSPS) is 22.3. The van der Waals surface area contributed by atoms with Gasteiger partial charge in [0.05, 0.1) is 5.75 Å². The minimum atomic E-state index is -3.07. The van der Waals surface area contributed by atoms with Crippen LogP contribution in [0.1, 0.15) is 25.7 Å². The van der Waals surface area contributed by atoms with E-state index < -0.39 is 10.0 Å². The maximum atomic E-state index is 11.7. The summed E-state index contributed by atoms with van der Waals surface area (Å²) in [5, 5.41) is 2.87. The highest BCUT2D eigenvalue weighted by atomic mass is 32.2. The summed E-state index contributed by atoms with van der Waals surface area (Å²) in [5.41, 5.74) is 0. The van der Waals surface area contributed by atoms with Crippen LogP contribution in [0, 0.1) is 11.8 Å². The van der Waals surface area contributed by atoms with Crippen molar-refractivity contribution in [2.75, 3.05) is 19.3 Å². The highest BCUT2D eigenvalue weighted by Crippen LogP contribution is 2.44. The fourth-order valence-corrected chi connectivity index (χ4v) is 3.38. The van der Waals surface area contributed by atoms with Crippen LogP contribution in [0.2, 0.25) is 0 Å². The van der Waals surface area contributed by atoms with Crippen LogP contribution in [0.25, 0.3) is 0 Å². The van der Waals surface area contributed by atoms with Crippen molar-refractivity contribution in [1.82, 2.24) is 10.0 Å². The van der Waals surface area contributed by atoms with E-state index in [1.807, 2.05) is 0 Å². The van der Waals surface area contributed by atoms with Crippen molar-refractivity contribution in [3.8, 4) is 0 Å². The van der Waals surface area contributed by atoms with E-state index in [-0.39, 0.29) is 11.8 Å². The van der Waals surface area contributed by atoms with Crippen LogP contribution in [0.4, 0.5) is 0 Å². The first-order valence-electron chi connectivity index (χ1n) is 5.77. The van der Waals surface area contributed by atoms with E-state index in [1.165, 1.54) is 25.7 Å². The lowest BCUT2D eigenvalue weighted by atomic mass is 10.1. The Morgan fingerprint density at radius 3 is 2.13 bits per heavy atom. The molecule has 0 radical (unpaired) electrons. The van der Waals surface area contributed by atoms with E-state index in [2.05, 4.69) is 10.0 Å². The lowest BCUT2D eigenvalue weighted by Gasteiger charge is -2.17. The fourth-order valence-electron chi connectivity index (χ4n) is 1.99. The second kappa shape index (κ2) is 4.39. The van der Waals surface area contributed by atoms with Gasteiger partial charge < -0.3 is 5.32 Å². The molecule has 0 heterocycles. The first kappa shape index (κ1) is 11.4. The topological polar surface area (TPSA) is 58.2 Å². The van der Waals surface area contributed by atoms with Gasteiger partial charge >= 0.3 is 0 Å². The lowest BCUT2D eigenvalue weighted by molar-refractivity contribution is 0.471. The molecule has 5 heteroatoms. The van der Waals surface area contributed by atoms with Crippen molar-refractivity contribution >= 4 is 10.0 Å². The smallest absolute Gasteiger partial charge is 0.213 e. The summed E-state index contributed by atoms with van der Waals surface area (Å²) in [6.45, 7) is 0.525. The van der Waals surface area contributed by atoms with Crippen LogP contribution in [-0.2, 0) is 10.0 Å². The van der Waals surface area contributed by atoms with Crippen molar-refractivity contribution in [1.29, 1.82) is 0 Å². The first-order chi connectivity index (χ1) is 7.12. The molecule has 0 spiro atoms. The van der Waals surface area contributed by atoms with Gasteiger partial charge in [0, 0.05) is 12.6 Å². The van der Waals surface area contributed by atoms with Crippen LogP contribution in [0.15, 0.2) is 0 Å². The molecule has 2 aliphatic rings. The van der Waals surface area contributed by atoms with Gasteiger partial charge in [0.25, 0.3) is 0 Å². The molecule has 0 aromatic heterocycles. The Bertz CT molecular complexity index is 295. The van der Waals surface area contributed by atoms with Crippen LogP contribution >= 0.6 is 0 Å². The molecule has 0 amide bonds. The summed E-state index contributed by atoms with van der Waals surface area (Å²) in [4.78, 5) is 0. The zero-order valence-electron chi connectivity index (χ0n) is 9.20. The molecule has 0 aromatic rings. The molecule has 2 N–H and O–H groups in total. The summed E-state index contributed by atoms with van der Waals surface area (Å²) in [5.74, 6) is 1.45. The molecule has 0 atom stereocenters. The van der Waals surface area contributed by atoms with Gasteiger partial charge in [-0.1, -0.05) is 0 Å². The largest absolute Gasteiger partial charge is 0.319 e. The Kier molecular flexibility index (Phi) is 3.33. The quantitative estimate of drug-likeness (QED) is 0.664. The number of rotatable bonds is 7. The molecule has 2 rings (SSSR count). The van der Waals surface area contributed by atoms with Crippen LogP contribution in [-0.4, -0.2) is 33.8 Å². The standard InChI is InChI=1S/C10H20N2O2S/c1-11-6-7-15(13,14)12-10(8-2-3-8)9-4-5-9/h8-12H,2-7H2,1H3. The number of nitrogens with one attached hydrogen (secondary N) is 2. The maximum Gasteiger partial charge on any atom is 0.213 e. The Balaban J connectivity index is 1.87. The Hall–Kier alpha value is -0.130. The molecular formula is C10H20N2O2S. The molecule has 0 aliphatic heterocycles. The van der Waals surface area contributed by atoms with Crippen molar-refractivity contribution in [2.45, 2.75) is 31.7 Å². The third-order valence-electron chi connectivity index (χ3n) is 3.20. The average molecular weight is 232 g/mol. The predicted octanol–water partition coefficient (Wildman–Crippen LogP) is 0.314. The third kappa shape index (κ3) is 3.43. The molecule has 2 aliphatic carbocycles. The number of hydrogen-bond donors (Lipinski definition) is 2. The van der Waals surface area contributed by atoms with Gasteiger partial charge in [-0.05, 0) is 44.6 Å². The molecule has 0 unspecified atom stereocenters. The fraction of sp³-hybridized carbons (Fsp3) is 1.00. The van der Waals surface area contributed by atoms with Crippen molar-refractivity contribution in [3.05, 3.63) is 0 Å². The number of hydrogen-bond acceptors (Lipinski definition) is 3. The predicted molar refractivity (Wildman–Crippen MR) is 60.1 cm³/mol. The summed E-state index contributed by atoms with van der Waals surface area (Å²) >= 11 is 0. The zero-order chi connectivity index (χ0) is 10.9. The second-order valence-electron chi connectivity index (χ2n) is 4.74. The van der Waals surface area contributed by atoms with Gasteiger partial charge in [-0.25, -0.2) is 13.1 Å². The molecule has 0 bridgehead atoms. The van der Waals surface area contributed by atoms with E-state index in [9.17, 15) is 8.42 Å². The second-order valence-corrected chi connectivity index (χ2v) is 6.61. The van der Waals surface area contributed by atoms with Gasteiger partial charge in [-0.2, -0.15) is 0 Å². The van der Waals surface area contributed by atoms with Gasteiger partial charge in [-0.3, -0.25) is 0 Å². The molecule has 0 saturated heterocycles. The molecule has 2 saturated carbocycles. The van der Waals surface area contributed by atoms with E-state index in [0.717, 1.165) is 0 Å². The van der Waals surface area contributed by atoms with Gasteiger partial charge in [0.15, 0.2) is 0 Å². The van der Waals surface area contributed by atoms with E-state index in [4.69, 9.17) is 0 Å². The zero-order valence-corrected chi connectivity index (χ0v) is 10.0. The van der Waals surface area contributed by atoms with E-state index >= 15 is 0 Å². The molecule has 15 heavy (non-hydrogen) atoms. The van der Waals surface area contributed by atoms with Crippen molar-refractivity contribution < 1.29 is 8.42 Å². The third-order valence-corrected chi connectivity index (χ3v) is 4.57. The SMILES string of the molecule is CNCCS(=O)(=O)NC(C1CC1)C1CC1. The summed E-state index contributed by atoms with van der Waals surface area (Å²) in [6.07, 6.45) is 4.82. The Labute approximate surface area is 91.9 Å². The summed E-state index contributed by atoms with van der Waals surface area (Å²) in [7, 11) is -1.29.